The van der Waals surface area contributed by atoms with E-state index in [0.29, 0.717) is 17.5 Å². The summed E-state index contributed by atoms with van der Waals surface area (Å²) in [4.78, 5) is 16.4. The summed E-state index contributed by atoms with van der Waals surface area (Å²) in [6.07, 6.45) is 0. The number of thiophene rings is 1. The number of nitrogens with zero attached hydrogens (tertiary/aromatic N) is 3. The van der Waals surface area contributed by atoms with E-state index in [1.54, 1.807) is 0 Å². The van der Waals surface area contributed by atoms with Crippen LogP contribution in [0.4, 0.5) is 0 Å². The molecule has 0 N–H and O–H groups in total. The van der Waals surface area contributed by atoms with Crippen LogP contribution in [0.1, 0.15) is 0 Å². The SMILES string of the molecule is c1ccc(-c2cc(-c3ccccc3)cc(-c3nc(-c4ccccc4)nc(-c4c5c(cc6c7ccccc7c7ccccc7c46)sc4cc6ccccc6cc45)n3)c2)cc1. The van der Waals surface area contributed by atoms with Crippen molar-refractivity contribution in [2.45, 2.75) is 0 Å². The van der Waals surface area contributed by atoms with Crippen LogP contribution >= 0.6 is 11.3 Å². The molecule has 0 atom stereocenters. The van der Waals surface area contributed by atoms with Crippen molar-refractivity contribution in [3.8, 4) is 56.4 Å². The van der Waals surface area contributed by atoms with Crippen molar-refractivity contribution in [2.24, 2.45) is 0 Å². The molecule has 0 fully saturated rings. The summed E-state index contributed by atoms with van der Waals surface area (Å²) < 4.78 is 2.45. The Balaban J connectivity index is 1.25. The summed E-state index contributed by atoms with van der Waals surface area (Å²) >= 11 is 1.84. The third kappa shape index (κ3) is 5.60. The van der Waals surface area contributed by atoms with Crippen LogP contribution in [0.5, 0.6) is 0 Å². The van der Waals surface area contributed by atoms with Crippen molar-refractivity contribution in [3.05, 3.63) is 200 Å². The average molecular weight is 768 g/mol. The largest absolute Gasteiger partial charge is 0.208 e. The van der Waals surface area contributed by atoms with Gasteiger partial charge in [0, 0.05) is 42.2 Å². The van der Waals surface area contributed by atoms with E-state index in [0.717, 1.165) is 44.3 Å². The standard InChI is InChI=1S/C55H33N3S/c1-4-16-34(17-5-1)39-28-40(35-18-6-2-7-19-35)30-41(29-39)54-56-53(36-20-8-3-9-21-36)57-55(58-54)52-50-45-27-15-14-25-43(45)42-24-12-13-26-44(42)46(50)33-49-51(52)47-31-37-22-10-11-23-38(37)32-48(47)59-49/h1-33H. The number of rotatable bonds is 5. The maximum atomic E-state index is 5.59. The van der Waals surface area contributed by atoms with Gasteiger partial charge < -0.3 is 0 Å². The average Bonchev–Trinajstić information content (AvgIpc) is 3.67. The maximum absolute atomic E-state index is 5.59. The van der Waals surface area contributed by atoms with Crippen molar-refractivity contribution in [1.29, 1.82) is 0 Å². The van der Waals surface area contributed by atoms with Gasteiger partial charge in [0.1, 0.15) is 0 Å². The van der Waals surface area contributed by atoms with E-state index >= 15 is 0 Å². The molecule has 0 amide bonds. The van der Waals surface area contributed by atoms with Gasteiger partial charge in [0.05, 0.1) is 0 Å². The lowest BCUT2D eigenvalue weighted by atomic mass is 9.89. The van der Waals surface area contributed by atoms with Gasteiger partial charge in [0.25, 0.3) is 0 Å². The molecule has 10 aromatic carbocycles. The maximum Gasteiger partial charge on any atom is 0.165 e. The van der Waals surface area contributed by atoms with Crippen molar-refractivity contribution in [3.63, 3.8) is 0 Å². The van der Waals surface area contributed by atoms with Gasteiger partial charge >= 0.3 is 0 Å². The number of hydrogen-bond acceptors (Lipinski definition) is 4. The fourth-order valence-electron chi connectivity index (χ4n) is 8.91. The Morgan fingerprint density at radius 2 is 0.729 bits per heavy atom. The van der Waals surface area contributed by atoms with E-state index in [-0.39, 0.29) is 0 Å². The minimum Gasteiger partial charge on any atom is -0.208 e. The quantitative estimate of drug-likeness (QED) is 0.164. The molecule has 2 heterocycles. The molecule has 0 aliphatic rings. The van der Waals surface area contributed by atoms with E-state index in [2.05, 4.69) is 194 Å². The molecule has 3 nitrogen and oxygen atoms in total. The van der Waals surface area contributed by atoms with E-state index in [9.17, 15) is 0 Å². The molecule has 0 spiro atoms. The smallest absolute Gasteiger partial charge is 0.165 e. The molecule has 0 saturated carbocycles. The first-order chi connectivity index (χ1) is 29.2. The minimum atomic E-state index is 0.629. The molecule has 4 heteroatoms. The lowest BCUT2D eigenvalue weighted by Crippen LogP contribution is -2.01. The zero-order valence-electron chi connectivity index (χ0n) is 31.8. The lowest BCUT2D eigenvalue weighted by Gasteiger charge is -2.17. The van der Waals surface area contributed by atoms with Gasteiger partial charge in [-0.2, -0.15) is 0 Å². The highest BCUT2D eigenvalue weighted by Gasteiger charge is 2.24. The summed E-state index contributed by atoms with van der Waals surface area (Å²) in [7, 11) is 0. The number of aromatic nitrogens is 3. The van der Waals surface area contributed by atoms with Crippen LogP contribution in [0.15, 0.2) is 200 Å². The zero-order chi connectivity index (χ0) is 38.9. The predicted octanol–water partition coefficient (Wildman–Crippen LogP) is 15.2. The monoisotopic (exact) mass is 767 g/mol. The summed E-state index contributed by atoms with van der Waals surface area (Å²) in [6.45, 7) is 0. The molecular formula is C55H33N3S. The number of fused-ring (bicyclic) bond motifs is 10. The highest BCUT2D eigenvalue weighted by Crippen LogP contribution is 2.49. The Morgan fingerprint density at radius 3 is 1.36 bits per heavy atom. The Hall–Kier alpha value is -7.53. The number of benzene rings is 10. The molecule has 59 heavy (non-hydrogen) atoms. The molecule has 0 bridgehead atoms. The third-order valence-corrected chi connectivity index (χ3v) is 12.7. The predicted molar refractivity (Wildman–Crippen MR) is 250 cm³/mol. The van der Waals surface area contributed by atoms with E-state index < -0.39 is 0 Å². The minimum absolute atomic E-state index is 0.629. The Morgan fingerprint density at radius 1 is 0.271 bits per heavy atom. The van der Waals surface area contributed by atoms with Crippen molar-refractivity contribution >= 4 is 74.6 Å². The van der Waals surface area contributed by atoms with Crippen LogP contribution in [0, 0.1) is 0 Å². The summed E-state index contributed by atoms with van der Waals surface area (Å²) in [6, 6.07) is 71.5. The normalized spacial score (nSPS) is 11.7. The van der Waals surface area contributed by atoms with Crippen LogP contribution in [0.25, 0.3) is 120 Å². The molecule has 12 aromatic rings. The second-order valence-corrected chi connectivity index (χ2v) is 16.2. The van der Waals surface area contributed by atoms with Crippen LogP contribution in [0.3, 0.4) is 0 Å². The van der Waals surface area contributed by atoms with E-state index in [1.165, 1.54) is 57.9 Å². The van der Waals surface area contributed by atoms with Gasteiger partial charge in [-0.25, -0.2) is 15.0 Å². The first-order valence-corrected chi connectivity index (χ1v) is 20.7. The first kappa shape index (κ1) is 33.6. The van der Waals surface area contributed by atoms with Crippen LogP contribution in [0.2, 0.25) is 0 Å². The summed E-state index contributed by atoms with van der Waals surface area (Å²) in [5.74, 6) is 1.92. The van der Waals surface area contributed by atoms with Gasteiger partial charge in [-0.1, -0.05) is 164 Å². The molecule has 0 aliphatic carbocycles. The van der Waals surface area contributed by atoms with E-state index in [4.69, 9.17) is 15.0 Å². The van der Waals surface area contributed by atoms with Crippen LogP contribution in [-0.2, 0) is 0 Å². The molecule has 274 valence electrons. The Bertz CT molecular complexity index is 3540. The molecule has 0 saturated heterocycles. The van der Waals surface area contributed by atoms with Crippen molar-refractivity contribution in [1.82, 2.24) is 15.0 Å². The fraction of sp³-hybridized carbons (Fsp3) is 0. The highest BCUT2D eigenvalue weighted by molar-refractivity contribution is 7.26. The summed E-state index contributed by atoms with van der Waals surface area (Å²) in [5.41, 5.74) is 7.37. The zero-order valence-corrected chi connectivity index (χ0v) is 32.6. The van der Waals surface area contributed by atoms with Crippen molar-refractivity contribution in [2.75, 3.05) is 0 Å². The number of hydrogen-bond donors (Lipinski definition) is 0. The molecule has 12 rings (SSSR count). The van der Waals surface area contributed by atoms with Gasteiger partial charge in [-0.3, -0.25) is 0 Å². The second-order valence-electron chi connectivity index (χ2n) is 15.1. The van der Waals surface area contributed by atoms with Crippen LogP contribution < -0.4 is 0 Å². The third-order valence-electron chi connectivity index (χ3n) is 11.6. The van der Waals surface area contributed by atoms with E-state index in [1.807, 2.05) is 17.4 Å². The molecule has 0 unspecified atom stereocenters. The highest BCUT2D eigenvalue weighted by atomic mass is 32.1. The van der Waals surface area contributed by atoms with Gasteiger partial charge in [-0.15, -0.1) is 11.3 Å². The van der Waals surface area contributed by atoms with Gasteiger partial charge in [-0.05, 0) is 96.4 Å². The van der Waals surface area contributed by atoms with Gasteiger partial charge in [0.15, 0.2) is 17.5 Å². The summed E-state index contributed by atoms with van der Waals surface area (Å²) in [5, 5.41) is 12.0. The molecule has 2 aromatic heterocycles. The Labute approximate surface area is 344 Å². The van der Waals surface area contributed by atoms with Crippen molar-refractivity contribution < 1.29 is 0 Å². The lowest BCUT2D eigenvalue weighted by molar-refractivity contribution is 1.08. The Kier molecular flexibility index (Phi) is 7.72. The molecule has 0 aliphatic heterocycles. The van der Waals surface area contributed by atoms with Crippen LogP contribution in [-0.4, -0.2) is 15.0 Å². The fourth-order valence-corrected chi connectivity index (χ4v) is 10.1. The van der Waals surface area contributed by atoms with Gasteiger partial charge in [0.2, 0.25) is 0 Å². The molecular weight excluding hydrogens is 735 g/mol. The second kappa shape index (κ2) is 13.6. The molecule has 0 radical (unpaired) electrons. The first-order valence-electron chi connectivity index (χ1n) is 19.9. The topological polar surface area (TPSA) is 38.7 Å².